The fourth-order valence-corrected chi connectivity index (χ4v) is 3.85. The van der Waals surface area contributed by atoms with Crippen LogP contribution in [0.1, 0.15) is 0 Å². The van der Waals surface area contributed by atoms with Gasteiger partial charge in [0.15, 0.2) is 19.0 Å². The highest BCUT2D eigenvalue weighted by atomic mass is 79.9. The molecule has 0 saturated carbocycles. The number of hydrogen-bond donors (Lipinski definition) is 2. The molecule has 2 aromatic carbocycles. The number of nitrogens with one attached hydrogen (secondary N) is 2. The zero-order valence-electron chi connectivity index (χ0n) is 13.3. The lowest BCUT2D eigenvalue weighted by Gasteiger charge is -2.12. The van der Waals surface area contributed by atoms with E-state index in [0.29, 0.717) is 20.3 Å². The summed E-state index contributed by atoms with van der Waals surface area (Å²) in [7, 11) is 0. The van der Waals surface area contributed by atoms with Crippen LogP contribution in [0.25, 0.3) is 0 Å². The lowest BCUT2D eigenvalue weighted by atomic mass is 10.3. The van der Waals surface area contributed by atoms with Crippen LogP contribution in [-0.2, 0) is 9.59 Å². The lowest BCUT2D eigenvalue weighted by Crippen LogP contribution is -2.45. The molecule has 0 bridgehead atoms. The van der Waals surface area contributed by atoms with Crippen LogP contribution < -0.4 is 20.3 Å². The minimum absolute atomic E-state index is 0.242. The Morgan fingerprint density at radius 1 is 0.889 bits per heavy atom. The maximum Gasteiger partial charge on any atom is 0.276 e. The number of carbonyl (C=O) groups excluding carboxylic acids is 2. The van der Waals surface area contributed by atoms with E-state index in [1.165, 1.54) is 6.07 Å². The van der Waals surface area contributed by atoms with Gasteiger partial charge in [-0.1, -0.05) is 50.7 Å². The van der Waals surface area contributed by atoms with Crippen molar-refractivity contribution in [3.8, 4) is 11.5 Å². The Morgan fingerprint density at radius 3 is 2.11 bits per heavy atom. The standard InChI is InChI=1S/C16H11Br2Cl3N2O4/c17-8-1-2-13(11(20)3-8)26-6-14(24)22-23-15(25)7-27-16-10(18)4-9(19)5-12(16)21/h1-5H,6-7H2,(H,22,24)(H,23,25). The molecule has 0 radical (unpaired) electrons. The molecule has 2 amide bonds. The Hall–Kier alpha value is -1.19. The lowest BCUT2D eigenvalue weighted by molar-refractivity contribution is -0.131. The average molecular weight is 561 g/mol. The van der Waals surface area contributed by atoms with Crippen LogP contribution >= 0.6 is 66.7 Å². The summed E-state index contributed by atoms with van der Waals surface area (Å²) in [5, 5.41) is 1.01. The van der Waals surface area contributed by atoms with Gasteiger partial charge in [-0.2, -0.15) is 0 Å². The van der Waals surface area contributed by atoms with Gasteiger partial charge < -0.3 is 9.47 Å². The van der Waals surface area contributed by atoms with Gasteiger partial charge in [0, 0.05) is 9.50 Å². The van der Waals surface area contributed by atoms with Gasteiger partial charge in [0.1, 0.15) is 5.75 Å². The van der Waals surface area contributed by atoms with Gasteiger partial charge in [-0.15, -0.1) is 0 Å². The second-order valence-corrected chi connectivity index (χ2v) is 7.97. The molecule has 0 aliphatic rings. The predicted octanol–water partition coefficient (Wildman–Crippen LogP) is 4.78. The van der Waals surface area contributed by atoms with Gasteiger partial charge in [-0.25, -0.2) is 0 Å². The van der Waals surface area contributed by atoms with E-state index in [1.54, 1.807) is 24.3 Å². The maximum atomic E-state index is 11.8. The van der Waals surface area contributed by atoms with Gasteiger partial charge in [0.25, 0.3) is 11.8 Å². The van der Waals surface area contributed by atoms with Gasteiger partial charge in [0.2, 0.25) is 0 Å². The second-order valence-electron chi connectivity index (χ2n) is 4.95. The summed E-state index contributed by atoms with van der Waals surface area (Å²) < 4.78 is 11.9. The topological polar surface area (TPSA) is 76.7 Å². The number of rotatable bonds is 6. The van der Waals surface area contributed by atoms with E-state index in [-0.39, 0.29) is 24.0 Å². The first-order valence-corrected chi connectivity index (χ1v) is 9.91. The number of halogens is 5. The smallest absolute Gasteiger partial charge is 0.276 e. The number of amides is 2. The van der Waals surface area contributed by atoms with Crippen molar-refractivity contribution in [1.29, 1.82) is 0 Å². The van der Waals surface area contributed by atoms with Crippen LogP contribution in [0.5, 0.6) is 11.5 Å². The van der Waals surface area contributed by atoms with Crippen LogP contribution in [0.4, 0.5) is 0 Å². The fourth-order valence-electron chi connectivity index (χ4n) is 1.75. The summed E-state index contributed by atoms with van der Waals surface area (Å²) in [4.78, 5) is 23.5. The zero-order chi connectivity index (χ0) is 20.0. The van der Waals surface area contributed by atoms with Gasteiger partial charge >= 0.3 is 0 Å². The van der Waals surface area contributed by atoms with Crippen LogP contribution in [0.15, 0.2) is 39.3 Å². The van der Waals surface area contributed by atoms with Crippen LogP contribution in [0, 0.1) is 0 Å². The first-order chi connectivity index (χ1) is 12.8. The molecular weight excluding hydrogens is 550 g/mol. The van der Waals surface area contributed by atoms with Crippen molar-refractivity contribution in [3.63, 3.8) is 0 Å². The number of carbonyl (C=O) groups is 2. The van der Waals surface area contributed by atoms with E-state index in [9.17, 15) is 9.59 Å². The Bertz CT molecular complexity index is 845. The van der Waals surface area contributed by atoms with Crippen molar-refractivity contribution in [2.24, 2.45) is 0 Å². The SMILES string of the molecule is O=C(COc1ccc(Br)cc1Cl)NNC(=O)COc1c(Cl)cc(Cl)cc1Br. The molecule has 2 rings (SSSR count). The fraction of sp³-hybridized carbons (Fsp3) is 0.125. The molecule has 6 nitrogen and oxygen atoms in total. The summed E-state index contributed by atoms with van der Waals surface area (Å²) in [5.74, 6) is -0.571. The number of hydrogen-bond acceptors (Lipinski definition) is 4. The Labute approximate surface area is 186 Å². The van der Waals surface area contributed by atoms with E-state index < -0.39 is 11.8 Å². The molecule has 0 aliphatic carbocycles. The first-order valence-electron chi connectivity index (χ1n) is 7.19. The molecule has 0 aromatic heterocycles. The summed E-state index contributed by atoms with van der Waals surface area (Å²) in [5.41, 5.74) is 4.39. The largest absolute Gasteiger partial charge is 0.482 e. The highest BCUT2D eigenvalue weighted by Gasteiger charge is 2.12. The number of benzene rings is 2. The van der Waals surface area contributed by atoms with Crippen LogP contribution in [-0.4, -0.2) is 25.0 Å². The molecule has 2 N–H and O–H groups in total. The number of hydrazine groups is 1. The van der Waals surface area contributed by atoms with E-state index in [2.05, 4.69) is 42.7 Å². The van der Waals surface area contributed by atoms with Crippen molar-refractivity contribution in [2.45, 2.75) is 0 Å². The summed E-state index contributed by atoms with van der Waals surface area (Å²) in [6.07, 6.45) is 0. The summed E-state index contributed by atoms with van der Waals surface area (Å²) in [6.45, 7) is -0.712. The molecule has 0 atom stereocenters. The Morgan fingerprint density at radius 2 is 1.52 bits per heavy atom. The highest BCUT2D eigenvalue weighted by Crippen LogP contribution is 2.35. The molecular formula is C16H11Br2Cl3N2O4. The minimum atomic E-state index is -0.594. The Balaban J connectivity index is 1.76. The third-order valence-electron chi connectivity index (χ3n) is 2.90. The zero-order valence-corrected chi connectivity index (χ0v) is 18.8. The monoisotopic (exact) mass is 558 g/mol. The van der Waals surface area contributed by atoms with Crippen LogP contribution in [0.3, 0.4) is 0 Å². The van der Waals surface area contributed by atoms with E-state index in [1.807, 2.05) is 0 Å². The molecule has 0 saturated heterocycles. The van der Waals surface area contributed by atoms with Gasteiger partial charge in [-0.3, -0.25) is 20.4 Å². The third-order valence-corrected chi connectivity index (χ3v) is 4.78. The molecule has 2 aromatic rings. The first kappa shape index (κ1) is 22.1. The van der Waals surface area contributed by atoms with E-state index >= 15 is 0 Å². The highest BCUT2D eigenvalue weighted by molar-refractivity contribution is 9.10. The van der Waals surface area contributed by atoms with Crippen molar-refractivity contribution >= 4 is 78.5 Å². The number of ether oxygens (including phenoxy) is 2. The van der Waals surface area contributed by atoms with E-state index in [4.69, 9.17) is 44.3 Å². The quantitative estimate of drug-likeness (QED) is 0.498. The van der Waals surface area contributed by atoms with Gasteiger partial charge in [-0.05, 0) is 46.3 Å². The summed E-state index contributed by atoms with van der Waals surface area (Å²) >= 11 is 24.3. The maximum absolute atomic E-state index is 11.8. The summed E-state index contributed by atoms with van der Waals surface area (Å²) in [6, 6.07) is 8.02. The Kier molecular flexibility index (Phi) is 8.50. The predicted molar refractivity (Wildman–Crippen MR) is 111 cm³/mol. The van der Waals surface area contributed by atoms with Crippen LogP contribution in [0.2, 0.25) is 15.1 Å². The molecule has 0 spiro atoms. The molecule has 0 unspecified atom stereocenters. The molecule has 0 aliphatic heterocycles. The molecule has 11 heteroatoms. The van der Waals surface area contributed by atoms with Gasteiger partial charge in [0.05, 0.1) is 14.5 Å². The molecule has 27 heavy (non-hydrogen) atoms. The van der Waals surface area contributed by atoms with Crippen molar-refractivity contribution in [2.75, 3.05) is 13.2 Å². The molecule has 0 fully saturated rings. The molecule has 144 valence electrons. The average Bonchev–Trinajstić information content (AvgIpc) is 2.58. The molecule has 0 heterocycles. The minimum Gasteiger partial charge on any atom is -0.482 e. The van der Waals surface area contributed by atoms with Crippen molar-refractivity contribution in [1.82, 2.24) is 10.9 Å². The van der Waals surface area contributed by atoms with Crippen molar-refractivity contribution < 1.29 is 19.1 Å². The second kappa shape index (κ2) is 10.4. The van der Waals surface area contributed by atoms with Crippen molar-refractivity contribution in [3.05, 3.63) is 54.3 Å². The third kappa shape index (κ3) is 7.04. The normalized spacial score (nSPS) is 10.3. The van der Waals surface area contributed by atoms with E-state index in [0.717, 1.165) is 4.47 Å².